The molecule has 2 aromatic heterocycles. The average Bonchev–Trinajstić information content (AvgIpc) is 3.02. The summed E-state index contributed by atoms with van der Waals surface area (Å²) in [6.07, 6.45) is 5.10. The summed E-state index contributed by atoms with van der Waals surface area (Å²) in [5, 5.41) is 7.32. The van der Waals surface area contributed by atoms with Gasteiger partial charge in [-0.25, -0.2) is 0 Å². The largest absolute Gasteiger partial charge is 0.338 e. The van der Waals surface area contributed by atoms with Gasteiger partial charge in [-0.2, -0.15) is 4.98 Å². The van der Waals surface area contributed by atoms with Gasteiger partial charge in [0.15, 0.2) is 5.82 Å². The highest BCUT2D eigenvalue weighted by atomic mass is 16.5. The molecule has 3 rings (SSSR count). The molecule has 7 heteroatoms. The van der Waals surface area contributed by atoms with E-state index in [4.69, 9.17) is 4.52 Å². The predicted octanol–water partition coefficient (Wildman–Crippen LogP) is 1.73. The van der Waals surface area contributed by atoms with Crippen LogP contribution >= 0.6 is 0 Å². The molecule has 1 amide bonds. The van der Waals surface area contributed by atoms with Crippen LogP contribution in [0.5, 0.6) is 0 Å². The zero-order valence-electron chi connectivity index (χ0n) is 13.4. The first-order valence-corrected chi connectivity index (χ1v) is 7.89. The van der Waals surface area contributed by atoms with Crippen molar-refractivity contribution in [2.45, 2.75) is 38.8 Å². The first-order valence-electron chi connectivity index (χ1n) is 7.89. The summed E-state index contributed by atoms with van der Waals surface area (Å²) in [5.41, 5.74) is 0.647. The number of nitrogens with one attached hydrogen (secondary N) is 1. The Hall–Kier alpha value is -2.28. The number of aromatic nitrogens is 3. The van der Waals surface area contributed by atoms with Gasteiger partial charge in [-0.3, -0.25) is 9.78 Å². The Morgan fingerprint density at radius 1 is 1.43 bits per heavy atom. The quantitative estimate of drug-likeness (QED) is 0.925. The maximum absolute atomic E-state index is 12.4. The van der Waals surface area contributed by atoms with Crippen LogP contribution < -0.4 is 5.32 Å². The number of hydrogen-bond donors (Lipinski definition) is 1. The van der Waals surface area contributed by atoms with Crippen LogP contribution in [0.15, 0.2) is 29.0 Å². The van der Waals surface area contributed by atoms with Crippen molar-refractivity contribution in [2.75, 3.05) is 13.1 Å². The van der Waals surface area contributed by atoms with Crippen LogP contribution in [0.4, 0.5) is 0 Å². The van der Waals surface area contributed by atoms with E-state index in [0.717, 1.165) is 25.9 Å². The van der Waals surface area contributed by atoms with Crippen LogP contribution in [0.1, 0.15) is 47.9 Å². The second kappa shape index (κ2) is 6.87. The van der Waals surface area contributed by atoms with Crippen molar-refractivity contribution in [3.05, 3.63) is 41.8 Å². The number of piperidine rings is 1. The van der Waals surface area contributed by atoms with Crippen LogP contribution in [0.3, 0.4) is 0 Å². The summed E-state index contributed by atoms with van der Waals surface area (Å²) in [6.45, 7) is 5.30. The van der Waals surface area contributed by atoms with E-state index in [2.05, 4.69) is 20.4 Å². The first kappa shape index (κ1) is 15.6. The van der Waals surface area contributed by atoms with Crippen molar-refractivity contribution >= 4 is 5.91 Å². The molecule has 0 aromatic carbocycles. The summed E-state index contributed by atoms with van der Waals surface area (Å²) in [7, 11) is 0. The predicted molar refractivity (Wildman–Crippen MR) is 83.7 cm³/mol. The number of carbonyl (C=O) groups is 1. The normalized spacial score (nSPS) is 17.2. The Morgan fingerprint density at radius 2 is 2.22 bits per heavy atom. The Morgan fingerprint density at radius 3 is 2.83 bits per heavy atom. The molecule has 0 aliphatic carbocycles. The van der Waals surface area contributed by atoms with Crippen LogP contribution in [-0.4, -0.2) is 45.1 Å². The molecule has 1 atom stereocenters. The zero-order valence-corrected chi connectivity index (χ0v) is 13.4. The topological polar surface area (TPSA) is 84.2 Å². The number of aryl methyl sites for hydroxylation is 1. The molecule has 1 aliphatic rings. The second-order valence-electron chi connectivity index (χ2n) is 5.88. The van der Waals surface area contributed by atoms with Crippen molar-refractivity contribution in [3.8, 4) is 0 Å². The van der Waals surface area contributed by atoms with E-state index in [1.807, 2.05) is 18.7 Å². The number of amides is 1. The molecule has 23 heavy (non-hydrogen) atoms. The maximum Gasteiger partial charge on any atom is 0.255 e. The average molecular weight is 315 g/mol. The van der Waals surface area contributed by atoms with Gasteiger partial charge in [0.2, 0.25) is 5.89 Å². The number of likely N-dealkylation sites (tertiary alicyclic amines) is 1. The molecule has 0 saturated carbocycles. The van der Waals surface area contributed by atoms with Gasteiger partial charge in [0, 0.05) is 31.5 Å². The van der Waals surface area contributed by atoms with E-state index < -0.39 is 0 Å². The molecule has 1 aliphatic heterocycles. The Labute approximate surface area is 135 Å². The summed E-state index contributed by atoms with van der Waals surface area (Å²) in [6, 6.07) is 3.95. The van der Waals surface area contributed by atoms with Gasteiger partial charge in [-0.15, -0.1) is 0 Å². The fourth-order valence-electron chi connectivity index (χ4n) is 2.83. The minimum absolute atomic E-state index is 0.0155. The maximum atomic E-state index is 12.4. The summed E-state index contributed by atoms with van der Waals surface area (Å²) < 4.78 is 5.19. The lowest BCUT2D eigenvalue weighted by molar-refractivity contribution is 0.0700. The lowest BCUT2D eigenvalue weighted by Crippen LogP contribution is -2.45. The SMILES string of the molecule is Cc1noc([C@@H](C)NC2CCN(C(=O)c3cccnc3)CC2)n1. The van der Waals surface area contributed by atoms with Gasteiger partial charge in [-0.1, -0.05) is 5.16 Å². The molecule has 2 aromatic rings. The highest BCUT2D eigenvalue weighted by Crippen LogP contribution is 2.17. The van der Waals surface area contributed by atoms with Crippen LogP contribution in [-0.2, 0) is 0 Å². The van der Waals surface area contributed by atoms with Crippen LogP contribution in [0, 0.1) is 6.92 Å². The van der Waals surface area contributed by atoms with Gasteiger partial charge >= 0.3 is 0 Å². The molecular formula is C16H21N5O2. The fourth-order valence-corrected chi connectivity index (χ4v) is 2.83. The zero-order chi connectivity index (χ0) is 16.2. The lowest BCUT2D eigenvalue weighted by atomic mass is 10.0. The summed E-state index contributed by atoms with van der Waals surface area (Å²) in [5.74, 6) is 1.30. The molecule has 7 nitrogen and oxygen atoms in total. The summed E-state index contributed by atoms with van der Waals surface area (Å²) >= 11 is 0. The third kappa shape index (κ3) is 3.73. The molecule has 0 spiro atoms. The van der Waals surface area contributed by atoms with E-state index in [0.29, 0.717) is 23.3 Å². The Kier molecular flexibility index (Phi) is 4.66. The minimum Gasteiger partial charge on any atom is -0.338 e. The van der Waals surface area contributed by atoms with E-state index >= 15 is 0 Å². The molecule has 1 saturated heterocycles. The summed E-state index contributed by atoms with van der Waals surface area (Å²) in [4.78, 5) is 22.5. The Balaban J connectivity index is 1.51. The number of hydrogen-bond acceptors (Lipinski definition) is 6. The second-order valence-corrected chi connectivity index (χ2v) is 5.88. The first-order chi connectivity index (χ1) is 11.1. The van der Waals surface area contributed by atoms with E-state index in [1.54, 1.807) is 24.5 Å². The number of rotatable bonds is 4. The molecule has 3 heterocycles. The van der Waals surface area contributed by atoms with Crippen molar-refractivity contribution in [1.82, 2.24) is 25.3 Å². The standard InChI is InChI=1S/C16H21N5O2/c1-11(15-19-12(2)20-23-15)18-14-5-8-21(9-6-14)16(22)13-4-3-7-17-10-13/h3-4,7,10-11,14,18H,5-6,8-9H2,1-2H3/t11-/m1/s1. The van der Waals surface area contributed by atoms with Gasteiger partial charge < -0.3 is 14.7 Å². The minimum atomic E-state index is 0.0155. The third-order valence-corrected chi connectivity index (χ3v) is 4.09. The molecule has 1 fully saturated rings. The fraction of sp³-hybridized carbons (Fsp3) is 0.500. The number of pyridine rings is 1. The smallest absolute Gasteiger partial charge is 0.255 e. The molecule has 1 N–H and O–H groups in total. The monoisotopic (exact) mass is 315 g/mol. The van der Waals surface area contributed by atoms with E-state index in [1.165, 1.54) is 0 Å². The molecular weight excluding hydrogens is 294 g/mol. The van der Waals surface area contributed by atoms with Gasteiger partial charge in [0.1, 0.15) is 0 Å². The molecule has 0 radical (unpaired) electrons. The van der Waals surface area contributed by atoms with Crippen molar-refractivity contribution in [1.29, 1.82) is 0 Å². The lowest BCUT2D eigenvalue weighted by Gasteiger charge is -2.33. The number of nitrogens with zero attached hydrogens (tertiary/aromatic N) is 4. The highest BCUT2D eigenvalue weighted by Gasteiger charge is 2.25. The van der Waals surface area contributed by atoms with Crippen molar-refractivity contribution < 1.29 is 9.32 Å². The van der Waals surface area contributed by atoms with Gasteiger partial charge in [0.05, 0.1) is 11.6 Å². The molecule has 0 unspecified atom stereocenters. The molecule has 122 valence electrons. The van der Waals surface area contributed by atoms with Gasteiger partial charge in [0.25, 0.3) is 5.91 Å². The highest BCUT2D eigenvalue weighted by molar-refractivity contribution is 5.93. The third-order valence-electron chi connectivity index (χ3n) is 4.09. The van der Waals surface area contributed by atoms with E-state index in [9.17, 15) is 4.79 Å². The Bertz CT molecular complexity index is 650. The van der Waals surface area contributed by atoms with E-state index in [-0.39, 0.29) is 11.9 Å². The van der Waals surface area contributed by atoms with Crippen molar-refractivity contribution in [2.24, 2.45) is 0 Å². The van der Waals surface area contributed by atoms with Crippen LogP contribution in [0.2, 0.25) is 0 Å². The van der Waals surface area contributed by atoms with Crippen LogP contribution in [0.25, 0.3) is 0 Å². The van der Waals surface area contributed by atoms with Crippen molar-refractivity contribution in [3.63, 3.8) is 0 Å². The molecule has 0 bridgehead atoms. The number of carbonyl (C=O) groups excluding carboxylic acids is 1. The van der Waals surface area contributed by atoms with Gasteiger partial charge in [-0.05, 0) is 38.8 Å².